The summed E-state index contributed by atoms with van der Waals surface area (Å²) in [7, 11) is 0. The Bertz CT molecular complexity index is 660. The largest absolute Gasteiger partial charge is 0.140 e. The third-order valence-electron chi connectivity index (χ3n) is 3.11. The maximum absolute atomic E-state index is 2.22. The minimum Gasteiger partial charge on any atom is -0.140 e. The van der Waals surface area contributed by atoms with E-state index in [0.29, 0.717) is 0 Å². The van der Waals surface area contributed by atoms with Gasteiger partial charge in [0.2, 0.25) is 0 Å². The van der Waals surface area contributed by atoms with E-state index in [0.717, 1.165) is 0 Å². The third-order valence-corrected chi connectivity index (χ3v) is 4.20. The molecule has 0 fully saturated rings. The lowest BCUT2D eigenvalue weighted by molar-refractivity contribution is 1.47. The molecule has 0 unspecified atom stereocenters. The average molecular weight is 238 g/mol. The molecule has 0 aliphatic carbocycles. The molecule has 0 aliphatic heterocycles. The second-order valence-corrected chi connectivity index (χ2v) is 5.65. The molecular formula is C16H14S. The molecule has 0 saturated carbocycles. The van der Waals surface area contributed by atoms with Gasteiger partial charge < -0.3 is 0 Å². The molecule has 3 rings (SSSR count). The first-order valence-electron chi connectivity index (χ1n) is 5.81. The Hall–Kier alpha value is -1.60. The van der Waals surface area contributed by atoms with Gasteiger partial charge in [0.25, 0.3) is 0 Å². The molecule has 84 valence electrons. The van der Waals surface area contributed by atoms with Gasteiger partial charge in [0.1, 0.15) is 0 Å². The number of hydrogen-bond acceptors (Lipinski definition) is 1. The van der Waals surface area contributed by atoms with Crippen molar-refractivity contribution in [1.82, 2.24) is 0 Å². The van der Waals surface area contributed by atoms with Gasteiger partial charge in [-0.1, -0.05) is 48.0 Å². The van der Waals surface area contributed by atoms with Crippen LogP contribution in [0.4, 0.5) is 0 Å². The fourth-order valence-electron chi connectivity index (χ4n) is 2.25. The normalized spacial score (nSPS) is 10.9. The van der Waals surface area contributed by atoms with E-state index in [1.807, 2.05) is 11.3 Å². The van der Waals surface area contributed by atoms with Crippen LogP contribution in [0.1, 0.15) is 10.4 Å². The Morgan fingerprint density at radius 3 is 2.29 bits per heavy atom. The van der Waals surface area contributed by atoms with Crippen molar-refractivity contribution in [2.75, 3.05) is 0 Å². The van der Waals surface area contributed by atoms with E-state index in [4.69, 9.17) is 0 Å². The number of benzene rings is 2. The summed E-state index contributed by atoms with van der Waals surface area (Å²) < 4.78 is 1.38. The van der Waals surface area contributed by atoms with Crippen LogP contribution in [0.25, 0.3) is 21.2 Å². The van der Waals surface area contributed by atoms with Crippen molar-refractivity contribution in [2.24, 2.45) is 0 Å². The second-order valence-electron chi connectivity index (χ2n) is 4.40. The molecule has 1 aromatic heterocycles. The fourth-order valence-corrected chi connectivity index (χ4v) is 3.33. The van der Waals surface area contributed by atoms with Gasteiger partial charge in [-0.05, 0) is 25.5 Å². The maximum Gasteiger partial charge on any atom is 0.0352 e. The van der Waals surface area contributed by atoms with Gasteiger partial charge in [-0.25, -0.2) is 0 Å². The van der Waals surface area contributed by atoms with Gasteiger partial charge in [0, 0.05) is 20.5 Å². The van der Waals surface area contributed by atoms with Crippen LogP contribution >= 0.6 is 11.3 Å². The van der Waals surface area contributed by atoms with Crippen LogP contribution in [-0.2, 0) is 0 Å². The Balaban J connectivity index is 2.29. The minimum atomic E-state index is 1.31. The van der Waals surface area contributed by atoms with Crippen LogP contribution < -0.4 is 0 Å². The van der Waals surface area contributed by atoms with Crippen molar-refractivity contribution >= 4 is 21.4 Å². The van der Waals surface area contributed by atoms with Gasteiger partial charge in [0.05, 0.1) is 0 Å². The number of rotatable bonds is 1. The van der Waals surface area contributed by atoms with Crippen LogP contribution in [-0.4, -0.2) is 0 Å². The number of hydrogen-bond donors (Lipinski definition) is 0. The SMILES string of the molecule is Cc1ccc(-c2c(C)sc3ccccc23)cc1. The van der Waals surface area contributed by atoms with E-state index in [1.165, 1.54) is 31.7 Å². The number of aryl methyl sites for hydroxylation is 2. The molecule has 0 nitrogen and oxygen atoms in total. The highest BCUT2D eigenvalue weighted by Gasteiger charge is 2.09. The van der Waals surface area contributed by atoms with Crippen molar-refractivity contribution in [3.05, 3.63) is 59.0 Å². The van der Waals surface area contributed by atoms with Crippen LogP contribution in [0.2, 0.25) is 0 Å². The molecule has 0 spiro atoms. The molecule has 1 heteroatoms. The molecule has 0 amide bonds. The topological polar surface area (TPSA) is 0 Å². The van der Waals surface area contributed by atoms with E-state index < -0.39 is 0 Å². The third kappa shape index (κ3) is 1.77. The lowest BCUT2D eigenvalue weighted by Gasteiger charge is -2.02. The molecule has 17 heavy (non-hydrogen) atoms. The smallest absolute Gasteiger partial charge is 0.0352 e. The van der Waals surface area contributed by atoms with Crippen LogP contribution in [0, 0.1) is 13.8 Å². The van der Waals surface area contributed by atoms with Crippen molar-refractivity contribution < 1.29 is 0 Å². The molecule has 3 aromatic rings. The molecule has 0 radical (unpaired) electrons. The molecule has 1 heterocycles. The summed E-state index contributed by atoms with van der Waals surface area (Å²) in [6, 6.07) is 17.4. The molecule has 0 bridgehead atoms. The van der Waals surface area contributed by atoms with Crippen LogP contribution in [0.15, 0.2) is 48.5 Å². The summed E-state index contributed by atoms with van der Waals surface area (Å²) >= 11 is 1.88. The lowest BCUT2D eigenvalue weighted by atomic mass is 10.0. The molecular weight excluding hydrogens is 224 g/mol. The molecule has 0 N–H and O–H groups in total. The predicted octanol–water partition coefficient (Wildman–Crippen LogP) is 5.19. The van der Waals surface area contributed by atoms with Crippen molar-refractivity contribution in [1.29, 1.82) is 0 Å². The zero-order valence-corrected chi connectivity index (χ0v) is 10.8. The summed E-state index contributed by atoms with van der Waals surface area (Å²) in [5, 5.41) is 1.37. The highest BCUT2D eigenvalue weighted by molar-refractivity contribution is 7.19. The van der Waals surface area contributed by atoms with E-state index in [2.05, 4.69) is 62.4 Å². The summed E-state index contributed by atoms with van der Waals surface area (Å²) in [6.45, 7) is 4.34. The van der Waals surface area contributed by atoms with E-state index >= 15 is 0 Å². The minimum absolute atomic E-state index is 1.31. The van der Waals surface area contributed by atoms with E-state index in [1.54, 1.807) is 0 Å². The van der Waals surface area contributed by atoms with Gasteiger partial charge >= 0.3 is 0 Å². The monoisotopic (exact) mass is 238 g/mol. The maximum atomic E-state index is 2.22. The Morgan fingerprint density at radius 2 is 1.53 bits per heavy atom. The molecule has 0 aliphatic rings. The Labute approximate surface area is 106 Å². The highest BCUT2D eigenvalue weighted by Crippen LogP contribution is 2.37. The van der Waals surface area contributed by atoms with Gasteiger partial charge in [0.15, 0.2) is 0 Å². The zero-order valence-electron chi connectivity index (χ0n) is 10.0. The number of thiophene rings is 1. The van der Waals surface area contributed by atoms with Crippen LogP contribution in [0.3, 0.4) is 0 Å². The summed E-state index contributed by atoms with van der Waals surface area (Å²) in [4.78, 5) is 1.40. The van der Waals surface area contributed by atoms with Gasteiger partial charge in [-0.2, -0.15) is 0 Å². The van der Waals surface area contributed by atoms with Crippen LogP contribution in [0.5, 0.6) is 0 Å². The van der Waals surface area contributed by atoms with E-state index in [-0.39, 0.29) is 0 Å². The van der Waals surface area contributed by atoms with E-state index in [9.17, 15) is 0 Å². The first-order chi connectivity index (χ1) is 8.25. The lowest BCUT2D eigenvalue weighted by Crippen LogP contribution is -1.79. The first kappa shape index (κ1) is 10.5. The predicted molar refractivity (Wildman–Crippen MR) is 76.7 cm³/mol. The fraction of sp³-hybridized carbons (Fsp3) is 0.125. The summed E-state index contributed by atoms with van der Waals surface area (Å²) in [6.07, 6.45) is 0. The van der Waals surface area contributed by atoms with Gasteiger partial charge in [-0.3, -0.25) is 0 Å². The molecule has 0 saturated heterocycles. The Kier molecular flexibility index (Phi) is 2.49. The highest BCUT2D eigenvalue weighted by atomic mass is 32.1. The summed E-state index contributed by atoms with van der Waals surface area (Å²) in [5.74, 6) is 0. The number of fused-ring (bicyclic) bond motifs is 1. The first-order valence-corrected chi connectivity index (χ1v) is 6.62. The Morgan fingerprint density at radius 1 is 0.824 bits per heavy atom. The van der Waals surface area contributed by atoms with Crippen molar-refractivity contribution in [3.8, 4) is 11.1 Å². The van der Waals surface area contributed by atoms with Crippen molar-refractivity contribution in [2.45, 2.75) is 13.8 Å². The quantitative estimate of drug-likeness (QED) is 0.547. The zero-order chi connectivity index (χ0) is 11.8. The molecule has 0 atom stereocenters. The molecule has 2 aromatic carbocycles. The van der Waals surface area contributed by atoms with Gasteiger partial charge in [-0.15, -0.1) is 11.3 Å². The second kappa shape index (κ2) is 4.01. The average Bonchev–Trinajstić information content (AvgIpc) is 2.66. The van der Waals surface area contributed by atoms with Crippen molar-refractivity contribution in [3.63, 3.8) is 0 Å². The standard InChI is InChI=1S/C16H14S/c1-11-7-9-13(10-8-11)16-12(2)17-15-6-4-3-5-14(15)16/h3-10H,1-2H3. The summed E-state index contributed by atoms with van der Waals surface area (Å²) in [5.41, 5.74) is 4.03.